The van der Waals surface area contributed by atoms with Crippen LogP contribution in [0.25, 0.3) is 0 Å². The first-order chi connectivity index (χ1) is 12.6. The number of ether oxygens (including phenoxy) is 2. The summed E-state index contributed by atoms with van der Waals surface area (Å²) in [6.07, 6.45) is 7.10. The molecular formula is C20H26N2O4. The summed E-state index contributed by atoms with van der Waals surface area (Å²) in [5.74, 6) is 0.846. The van der Waals surface area contributed by atoms with E-state index in [1.165, 1.54) is 0 Å². The first-order valence-electron chi connectivity index (χ1n) is 9.73. The van der Waals surface area contributed by atoms with Crippen molar-refractivity contribution in [3.8, 4) is 11.5 Å². The van der Waals surface area contributed by atoms with Crippen LogP contribution < -0.4 is 14.8 Å². The maximum Gasteiger partial charge on any atom is 0.251 e. The zero-order valence-corrected chi connectivity index (χ0v) is 15.3. The summed E-state index contributed by atoms with van der Waals surface area (Å²) in [5, 5.41) is 2.96. The molecule has 140 valence electrons. The molecule has 1 unspecified atom stereocenters. The summed E-state index contributed by atoms with van der Waals surface area (Å²) in [4.78, 5) is 26.6. The molecule has 2 amide bonds. The summed E-state index contributed by atoms with van der Waals surface area (Å²) < 4.78 is 12.1. The average molecular weight is 358 g/mol. The van der Waals surface area contributed by atoms with Gasteiger partial charge in [0, 0.05) is 37.6 Å². The lowest BCUT2D eigenvalue weighted by atomic mass is 10.0. The van der Waals surface area contributed by atoms with Gasteiger partial charge in [-0.1, -0.05) is 6.92 Å². The Morgan fingerprint density at radius 3 is 2.69 bits per heavy atom. The van der Waals surface area contributed by atoms with Gasteiger partial charge >= 0.3 is 0 Å². The molecule has 0 bridgehead atoms. The van der Waals surface area contributed by atoms with E-state index in [9.17, 15) is 9.59 Å². The van der Waals surface area contributed by atoms with E-state index in [0.29, 0.717) is 30.8 Å². The molecule has 26 heavy (non-hydrogen) atoms. The number of hydrogen-bond acceptors (Lipinski definition) is 4. The highest BCUT2D eigenvalue weighted by Gasteiger charge is 2.44. The predicted molar refractivity (Wildman–Crippen MR) is 97.2 cm³/mol. The van der Waals surface area contributed by atoms with E-state index in [1.807, 2.05) is 25.1 Å². The molecule has 3 aliphatic rings. The molecule has 4 rings (SSSR count). The van der Waals surface area contributed by atoms with E-state index in [-0.39, 0.29) is 17.9 Å². The molecule has 6 nitrogen and oxygen atoms in total. The van der Waals surface area contributed by atoms with Gasteiger partial charge in [0.05, 0.1) is 0 Å². The zero-order valence-electron chi connectivity index (χ0n) is 15.3. The Morgan fingerprint density at radius 1 is 1.15 bits per heavy atom. The minimum Gasteiger partial charge on any atom is -0.448 e. The van der Waals surface area contributed by atoms with Crippen molar-refractivity contribution in [1.82, 2.24) is 4.90 Å². The molecule has 2 fully saturated rings. The first-order valence-corrected chi connectivity index (χ1v) is 9.73. The number of hydrogen-bond donors (Lipinski definition) is 1. The number of fused-ring (bicyclic) bond motifs is 1. The predicted octanol–water partition coefficient (Wildman–Crippen LogP) is 3.46. The molecule has 0 aromatic heterocycles. The summed E-state index contributed by atoms with van der Waals surface area (Å²) in [7, 11) is 0. The maximum absolute atomic E-state index is 12.8. The third-order valence-electron chi connectivity index (χ3n) is 5.60. The Morgan fingerprint density at radius 2 is 1.92 bits per heavy atom. The van der Waals surface area contributed by atoms with Crippen LogP contribution in [0.5, 0.6) is 11.5 Å². The van der Waals surface area contributed by atoms with Crippen LogP contribution in [0.1, 0.15) is 58.3 Å². The van der Waals surface area contributed by atoms with Gasteiger partial charge in [-0.05, 0) is 44.2 Å². The van der Waals surface area contributed by atoms with Crippen LogP contribution in [0.4, 0.5) is 5.69 Å². The molecule has 1 saturated heterocycles. The molecule has 1 atom stereocenters. The van der Waals surface area contributed by atoms with Gasteiger partial charge in [-0.15, -0.1) is 0 Å². The minimum atomic E-state index is -0.501. The van der Waals surface area contributed by atoms with Gasteiger partial charge < -0.3 is 19.7 Å². The van der Waals surface area contributed by atoms with Gasteiger partial charge in [0.25, 0.3) is 5.79 Å². The molecule has 1 aromatic rings. The molecule has 0 radical (unpaired) electrons. The number of rotatable bonds is 3. The Kier molecular flexibility index (Phi) is 4.51. The normalized spacial score (nSPS) is 23.3. The SMILES string of the molecule is CCC(=O)N1CCCCC1C(=O)Nc1ccc2c(c1)OC1(CCCC1)O2. The number of nitrogens with one attached hydrogen (secondary N) is 1. The highest BCUT2D eigenvalue weighted by atomic mass is 16.7. The lowest BCUT2D eigenvalue weighted by Crippen LogP contribution is -2.49. The number of amides is 2. The van der Waals surface area contributed by atoms with Crippen molar-refractivity contribution in [2.45, 2.75) is 70.1 Å². The van der Waals surface area contributed by atoms with Crippen molar-refractivity contribution in [3.63, 3.8) is 0 Å². The summed E-state index contributed by atoms with van der Waals surface area (Å²) in [5.41, 5.74) is 0.682. The Bertz CT molecular complexity index is 712. The standard InChI is InChI=1S/C20H26N2O4/c1-2-18(23)22-12-6-3-7-15(22)19(24)21-14-8-9-16-17(13-14)26-20(25-16)10-4-5-11-20/h8-9,13,15H,2-7,10-12H2,1H3,(H,21,24). The van der Waals surface area contributed by atoms with Crippen LogP contribution in [-0.4, -0.2) is 35.1 Å². The van der Waals surface area contributed by atoms with Crippen molar-refractivity contribution in [2.24, 2.45) is 0 Å². The molecule has 1 N–H and O–H groups in total. The summed E-state index contributed by atoms with van der Waals surface area (Å²) in [6, 6.07) is 5.13. The molecule has 1 saturated carbocycles. The van der Waals surface area contributed by atoms with E-state index in [0.717, 1.165) is 44.3 Å². The van der Waals surface area contributed by atoms with Crippen molar-refractivity contribution < 1.29 is 19.1 Å². The smallest absolute Gasteiger partial charge is 0.251 e. The summed E-state index contributed by atoms with van der Waals surface area (Å²) in [6.45, 7) is 2.50. The Labute approximate surface area is 153 Å². The number of anilines is 1. The monoisotopic (exact) mass is 358 g/mol. The van der Waals surface area contributed by atoms with Crippen molar-refractivity contribution in [1.29, 1.82) is 0 Å². The highest BCUT2D eigenvalue weighted by Crippen LogP contribution is 2.47. The number of benzene rings is 1. The van der Waals surface area contributed by atoms with E-state index in [1.54, 1.807) is 4.90 Å². The highest BCUT2D eigenvalue weighted by molar-refractivity contribution is 5.97. The van der Waals surface area contributed by atoms with E-state index < -0.39 is 5.79 Å². The van der Waals surface area contributed by atoms with Gasteiger partial charge in [0.1, 0.15) is 6.04 Å². The number of nitrogens with zero attached hydrogens (tertiary/aromatic N) is 1. The van der Waals surface area contributed by atoms with Crippen LogP contribution in [0.15, 0.2) is 18.2 Å². The third-order valence-corrected chi connectivity index (χ3v) is 5.60. The fraction of sp³-hybridized carbons (Fsp3) is 0.600. The van der Waals surface area contributed by atoms with Crippen molar-refractivity contribution in [2.75, 3.05) is 11.9 Å². The molecule has 2 heterocycles. The third kappa shape index (κ3) is 3.13. The number of carbonyl (C=O) groups is 2. The molecule has 6 heteroatoms. The topological polar surface area (TPSA) is 67.9 Å². The van der Waals surface area contributed by atoms with Crippen LogP contribution >= 0.6 is 0 Å². The average Bonchev–Trinajstić information content (AvgIpc) is 3.26. The van der Waals surface area contributed by atoms with Crippen LogP contribution in [0.3, 0.4) is 0 Å². The van der Waals surface area contributed by atoms with Gasteiger partial charge in [-0.25, -0.2) is 0 Å². The van der Waals surface area contributed by atoms with E-state index >= 15 is 0 Å². The van der Waals surface area contributed by atoms with Gasteiger partial charge in [-0.2, -0.15) is 0 Å². The Balaban J connectivity index is 1.46. The molecular weight excluding hydrogens is 332 g/mol. The van der Waals surface area contributed by atoms with Crippen LogP contribution in [0.2, 0.25) is 0 Å². The summed E-state index contributed by atoms with van der Waals surface area (Å²) >= 11 is 0. The second-order valence-corrected chi connectivity index (χ2v) is 7.42. The van der Waals surface area contributed by atoms with Gasteiger partial charge in [0.15, 0.2) is 11.5 Å². The van der Waals surface area contributed by atoms with Gasteiger partial charge in [-0.3, -0.25) is 9.59 Å². The fourth-order valence-electron chi connectivity index (χ4n) is 4.22. The quantitative estimate of drug-likeness (QED) is 0.898. The van der Waals surface area contributed by atoms with Crippen LogP contribution in [-0.2, 0) is 9.59 Å². The lowest BCUT2D eigenvalue weighted by molar-refractivity contribution is -0.140. The van der Waals surface area contributed by atoms with Crippen LogP contribution in [0, 0.1) is 0 Å². The lowest BCUT2D eigenvalue weighted by Gasteiger charge is -2.34. The molecule has 1 spiro atoms. The molecule has 2 aliphatic heterocycles. The number of likely N-dealkylation sites (tertiary alicyclic amines) is 1. The second kappa shape index (κ2) is 6.82. The zero-order chi connectivity index (χ0) is 18.1. The fourth-order valence-corrected chi connectivity index (χ4v) is 4.22. The molecule has 1 aliphatic carbocycles. The minimum absolute atomic E-state index is 0.0405. The van der Waals surface area contributed by atoms with E-state index in [2.05, 4.69) is 5.32 Å². The maximum atomic E-state index is 12.8. The largest absolute Gasteiger partial charge is 0.448 e. The Hall–Kier alpha value is -2.24. The molecule has 1 aromatic carbocycles. The number of carbonyl (C=O) groups excluding carboxylic acids is 2. The first kappa shape index (κ1) is 17.2. The van der Waals surface area contributed by atoms with Crippen molar-refractivity contribution in [3.05, 3.63) is 18.2 Å². The number of piperidine rings is 1. The van der Waals surface area contributed by atoms with Gasteiger partial charge in [0.2, 0.25) is 11.8 Å². The van der Waals surface area contributed by atoms with Crippen molar-refractivity contribution >= 4 is 17.5 Å². The second-order valence-electron chi connectivity index (χ2n) is 7.42. The van der Waals surface area contributed by atoms with E-state index in [4.69, 9.17) is 9.47 Å².